The van der Waals surface area contributed by atoms with Gasteiger partial charge in [-0.3, -0.25) is 0 Å². The van der Waals surface area contributed by atoms with Gasteiger partial charge in [-0.15, -0.1) is 24.5 Å². The molecule has 6 nitrogen and oxygen atoms in total. The number of thiazole rings is 1. The summed E-state index contributed by atoms with van der Waals surface area (Å²) >= 11 is 1.33. The molecular formula is C22H16F3N3O3S. The minimum atomic E-state index is -4.85. The molecule has 0 bridgehead atoms. The number of aromatic amines is 2. The average Bonchev–Trinajstić information content (AvgIpc) is 3.47. The largest absolute Gasteiger partial charge is 0.574 e. The van der Waals surface area contributed by atoms with Gasteiger partial charge in [0.05, 0.1) is 25.5 Å². The van der Waals surface area contributed by atoms with Gasteiger partial charge in [-0.25, -0.2) is 4.98 Å². The molecule has 164 valence electrons. The molecule has 3 heterocycles. The van der Waals surface area contributed by atoms with Crippen molar-refractivity contribution in [1.82, 2.24) is 15.0 Å². The van der Waals surface area contributed by atoms with Crippen LogP contribution in [0.4, 0.5) is 13.2 Å². The van der Waals surface area contributed by atoms with Crippen LogP contribution in [0.1, 0.15) is 0 Å². The van der Waals surface area contributed by atoms with Crippen molar-refractivity contribution in [2.75, 3.05) is 14.2 Å². The number of nitrogens with zero attached hydrogens (tertiary/aromatic N) is 1. The first-order valence-corrected chi connectivity index (χ1v) is 10.3. The quantitative estimate of drug-likeness (QED) is 0.321. The second kappa shape index (κ2) is 7.49. The van der Waals surface area contributed by atoms with E-state index in [1.165, 1.54) is 18.4 Å². The van der Waals surface area contributed by atoms with Crippen molar-refractivity contribution in [2.24, 2.45) is 0 Å². The van der Waals surface area contributed by atoms with E-state index >= 15 is 0 Å². The predicted molar refractivity (Wildman–Crippen MR) is 116 cm³/mol. The fraction of sp³-hybridized carbons (Fsp3) is 0.136. The van der Waals surface area contributed by atoms with Gasteiger partial charge in [-0.1, -0.05) is 0 Å². The maximum absolute atomic E-state index is 13.1. The first-order valence-electron chi connectivity index (χ1n) is 9.43. The Hall–Kier alpha value is -3.66. The fourth-order valence-electron chi connectivity index (χ4n) is 3.64. The molecule has 2 aromatic carbocycles. The minimum Gasteiger partial charge on any atom is -0.497 e. The second-order valence-corrected chi connectivity index (χ2v) is 7.80. The van der Waals surface area contributed by atoms with Gasteiger partial charge in [-0.05, 0) is 30.3 Å². The van der Waals surface area contributed by atoms with Gasteiger partial charge in [0.2, 0.25) is 5.88 Å². The molecule has 0 saturated carbocycles. The molecule has 2 N–H and O–H groups in total. The Balaban J connectivity index is 1.64. The van der Waals surface area contributed by atoms with Crippen LogP contribution in [0.5, 0.6) is 17.4 Å². The zero-order valence-corrected chi connectivity index (χ0v) is 17.6. The Morgan fingerprint density at radius 1 is 0.938 bits per heavy atom. The maximum atomic E-state index is 13.1. The number of rotatable bonds is 5. The topological polar surface area (TPSA) is 72.2 Å². The van der Waals surface area contributed by atoms with E-state index in [1.54, 1.807) is 30.7 Å². The van der Waals surface area contributed by atoms with E-state index in [4.69, 9.17) is 9.47 Å². The molecule has 0 atom stereocenters. The molecule has 0 amide bonds. The Bertz CT molecular complexity index is 1440. The van der Waals surface area contributed by atoms with Gasteiger partial charge in [0.15, 0.2) is 0 Å². The van der Waals surface area contributed by atoms with Crippen molar-refractivity contribution in [1.29, 1.82) is 0 Å². The molecule has 5 aromatic rings. The highest BCUT2D eigenvalue weighted by Gasteiger charge is 2.34. The van der Waals surface area contributed by atoms with E-state index < -0.39 is 12.2 Å². The highest BCUT2D eigenvalue weighted by atomic mass is 32.1. The lowest BCUT2D eigenvalue weighted by Crippen LogP contribution is -2.17. The molecule has 10 heteroatoms. The van der Waals surface area contributed by atoms with Crippen molar-refractivity contribution in [3.05, 3.63) is 48.0 Å². The van der Waals surface area contributed by atoms with E-state index in [9.17, 15) is 13.2 Å². The van der Waals surface area contributed by atoms with E-state index in [2.05, 4.69) is 19.7 Å². The summed E-state index contributed by atoms with van der Waals surface area (Å²) in [5, 5.41) is 3.82. The number of ether oxygens (including phenoxy) is 3. The summed E-state index contributed by atoms with van der Waals surface area (Å²) in [5.41, 5.74) is 2.78. The van der Waals surface area contributed by atoms with Crippen LogP contribution in [-0.4, -0.2) is 35.5 Å². The van der Waals surface area contributed by atoms with Gasteiger partial charge in [0.1, 0.15) is 16.5 Å². The molecule has 0 radical (unpaired) electrons. The Labute approximate surface area is 183 Å². The van der Waals surface area contributed by atoms with Crippen LogP contribution in [0.3, 0.4) is 0 Å². The third kappa shape index (κ3) is 3.52. The maximum Gasteiger partial charge on any atom is 0.574 e. The molecule has 0 saturated heterocycles. The van der Waals surface area contributed by atoms with E-state index in [0.29, 0.717) is 33.1 Å². The summed E-state index contributed by atoms with van der Waals surface area (Å²) < 4.78 is 54.0. The van der Waals surface area contributed by atoms with Crippen molar-refractivity contribution in [2.45, 2.75) is 6.36 Å². The molecule has 0 spiro atoms. The van der Waals surface area contributed by atoms with Crippen molar-refractivity contribution < 1.29 is 27.4 Å². The first-order chi connectivity index (χ1) is 15.4. The molecule has 0 fully saturated rings. The third-order valence-electron chi connectivity index (χ3n) is 5.07. The van der Waals surface area contributed by atoms with Gasteiger partial charge in [0.25, 0.3) is 0 Å². The van der Waals surface area contributed by atoms with E-state index in [-0.39, 0.29) is 5.56 Å². The van der Waals surface area contributed by atoms with Gasteiger partial charge in [-0.2, -0.15) is 0 Å². The summed E-state index contributed by atoms with van der Waals surface area (Å²) in [6, 6.07) is 10.6. The van der Waals surface area contributed by atoms with E-state index in [0.717, 1.165) is 16.5 Å². The van der Waals surface area contributed by atoms with Crippen LogP contribution < -0.4 is 14.2 Å². The van der Waals surface area contributed by atoms with Crippen LogP contribution >= 0.6 is 11.3 Å². The number of nitrogens with one attached hydrogen (secondary N) is 2. The van der Waals surface area contributed by atoms with Crippen LogP contribution in [-0.2, 0) is 0 Å². The molecule has 5 rings (SSSR count). The zero-order chi connectivity index (χ0) is 22.5. The molecule has 0 unspecified atom stereocenters. The summed E-state index contributed by atoms with van der Waals surface area (Å²) in [5.74, 6) is 0.811. The lowest BCUT2D eigenvalue weighted by Gasteiger charge is -2.08. The van der Waals surface area contributed by atoms with Crippen molar-refractivity contribution in [3.8, 4) is 39.2 Å². The summed E-state index contributed by atoms with van der Waals surface area (Å²) in [6.07, 6.45) is -3.04. The number of halogens is 3. The first kappa shape index (κ1) is 20.3. The van der Waals surface area contributed by atoms with Crippen LogP contribution in [0, 0.1) is 0 Å². The highest BCUT2D eigenvalue weighted by Crippen LogP contribution is 2.43. The van der Waals surface area contributed by atoms with Gasteiger partial charge < -0.3 is 24.2 Å². The third-order valence-corrected chi connectivity index (χ3v) is 5.94. The zero-order valence-electron chi connectivity index (χ0n) is 16.8. The fourth-order valence-corrected chi connectivity index (χ4v) is 4.48. The SMILES string of the molecule is COc1ccc2c(-c3nc(-c4c(OC(F)(F)F)[nH]c5ccc(OC)cc45)cs3)c[nH]c2c1. The molecule has 0 aliphatic heterocycles. The number of methoxy groups -OCH3 is 2. The average molecular weight is 459 g/mol. The van der Waals surface area contributed by atoms with E-state index in [1.807, 2.05) is 24.4 Å². The molecule has 0 aliphatic rings. The lowest BCUT2D eigenvalue weighted by molar-refractivity contribution is -0.275. The standard InChI is InChI=1S/C22H16F3N3O3S/c1-29-11-4-6-16-14(7-11)19(20(27-16)31-22(23,24)25)18-10-32-21(28-18)15-9-26-17-8-12(30-2)3-5-13(15)17/h3-10,26-27H,1-2H3. The summed E-state index contributed by atoms with van der Waals surface area (Å²) in [6.45, 7) is 0. The van der Waals surface area contributed by atoms with Crippen LogP contribution in [0.15, 0.2) is 48.0 Å². The number of benzene rings is 2. The number of hydrogen-bond donors (Lipinski definition) is 2. The Kier molecular flexibility index (Phi) is 4.74. The smallest absolute Gasteiger partial charge is 0.497 e. The van der Waals surface area contributed by atoms with Gasteiger partial charge in [0, 0.05) is 45.0 Å². The minimum absolute atomic E-state index is 0.222. The highest BCUT2D eigenvalue weighted by molar-refractivity contribution is 7.13. The number of aromatic nitrogens is 3. The van der Waals surface area contributed by atoms with Crippen molar-refractivity contribution >= 4 is 33.1 Å². The number of H-pyrrole nitrogens is 2. The molecule has 3 aromatic heterocycles. The van der Waals surface area contributed by atoms with Gasteiger partial charge >= 0.3 is 6.36 Å². The number of alkyl halides is 3. The summed E-state index contributed by atoms with van der Waals surface area (Å²) in [4.78, 5) is 10.5. The Morgan fingerprint density at radius 2 is 1.69 bits per heavy atom. The lowest BCUT2D eigenvalue weighted by atomic mass is 10.1. The number of hydrogen-bond acceptors (Lipinski definition) is 5. The molecular weight excluding hydrogens is 443 g/mol. The van der Waals surface area contributed by atoms with Crippen LogP contribution in [0.2, 0.25) is 0 Å². The summed E-state index contributed by atoms with van der Waals surface area (Å²) in [7, 11) is 3.09. The monoisotopic (exact) mass is 459 g/mol. The second-order valence-electron chi connectivity index (χ2n) is 6.94. The Morgan fingerprint density at radius 3 is 2.44 bits per heavy atom. The molecule has 0 aliphatic carbocycles. The van der Waals surface area contributed by atoms with Crippen molar-refractivity contribution in [3.63, 3.8) is 0 Å². The van der Waals surface area contributed by atoms with Crippen LogP contribution in [0.25, 0.3) is 43.6 Å². The molecule has 32 heavy (non-hydrogen) atoms. The number of fused-ring (bicyclic) bond motifs is 2. The predicted octanol–water partition coefficient (Wildman–Crippen LogP) is 6.36. The normalized spacial score (nSPS) is 11.9.